The first-order chi connectivity index (χ1) is 7.16. The van der Waals surface area contributed by atoms with E-state index in [1.165, 1.54) is 13.3 Å². The van der Waals surface area contributed by atoms with Gasteiger partial charge in [-0.3, -0.25) is 15.6 Å². The van der Waals surface area contributed by atoms with Crippen molar-refractivity contribution >= 4 is 28.8 Å². The van der Waals surface area contributed by atoms with E-state index in [0.29, 0.717) is 22.9 Å². The van der Waals surface area contributed by atoms with Crippen LogP contribution in [0.3, 0.4) is 0 Å². The summed E-state index contributed by atoms with van der Waals surface area (Å²) in [6.07, 6.45) is 1.32. The Labute approximate surface area is 84.3 Å². The van der Waals surface area contributed by atoms with Crippen molar-refractivity contribution in [3.63, 3.8) is 0 Å². The van der Waals surface area contributed by atoms with Crippen LogP contribution in [-0.4, -0.2) is 25.8 Å². The average molecular weight is 207 g/mol. The summed E-state index contributed by atoms with van der Waals surface area (Å²) in [7, 11) is 0. The number of nitrogens with zero attached hydrogens (tertiary/aromatic N) is 3. The third-order valence-electron chi connectivity index (χ3n) is 1.67. The molecule has 0 spiro atoms. The van der Waals surface area contributed by atoms with E-state index in [1.54, 1.807) is 0 Å². The van der Waals surface area contributed by atoms with Crippen LogP contribution in [-0.2, 0) is 4.79 Å². The van der Waals surface area contributed by atoms with Crippen molar-refractivity contribution in [2.45, 2.75) is 6.92 Å². The maximum atomic E-state index is 10.6. The molecule has 5 N–H and O–H groups in total. The predicted molar refractivity (Wildman–Crippen MR) is 53.5 cm³/mol. The van der Waals surface area contributed by atoms with Crippen LogP contribution in [0.5, 0.6) is 0 Å². The van der Waals surface area contributed by atoms with Crippen molar-refractivity contribution in [1.29, 1.82) is 0 Å². The topological polar surface area (TPSA) is 122 Å². The summed E-state index contributed by atoms with van der Waals surface area (Å²) in [4.78, 5) is 25.2. The molecule has 0 aliphatic carbocycles. The van der Waals surface area contributed by atoms with Crippen LogP contribution in [0.2, 0.25) is 0 Å². The van der Waals surface area contributed by atoms with E-state index in [2.05, 4.69) is 30.8 Å². The number of aromatic nitrogens is 4. The molecule has 0 radical (unpaired) electrons. The Balaban J connectivity index is 2.31. The molecule has 0 bridgehead atoms. The Bertz CT molecular complexity index is 505. The van der Waals surface area contributed by atoms with Crippen molar-refractivity contribution in [2.24, 2.45) is 0 Å². The van der Waals surface area contributed by atoms with Gasteiger partial charge in [0.1, 0.15) is 11.8 Å². The number of fused-ring (bicyclic) bond motifs is 1. The Morgan fingerprint density at radius 2 is 2.33 bits per heavy atom. The van der Waals surface area contributed by atoms with E-state index in [-0.39, 0.29) is 5.91 Å². The predicted octanol–water partition coefficient (Wildman–Crippen LogP) is -0.602. The molecule has 0 fully saturated rings. The number of aromatic amines is 1. The lowest BCUT2D eigenvalue weighted by Crippen LogP contribution is -2.27. The quantitative estimate of drug-likeness (QED) is 0.488. The minimum absolute atomic E-state index is 0.227. The summed E-state index contributed by atoms with van der Waals surface area (Å²) in [5, 5.41) is 0. The number of hydrogen-bond acceptors (Lipinski definition) is 6. The van der Waals surface area contributed by atoms with Crippen LogP contribution in [0.4, 0.5) is 11.8 Å². The standard InChI is InChI=1S/C7H9N7O/c1-3(15)13-14-7-11-4-5(8)9-2-10-6(4)12-7/h2H,1H3,(H,13,15)(H4,8,9,10,11,12,14). The van der Waals surface area contributed by atoms with Crippen LogP contribution < -0.4 is 16.6 Å². The van der Waals surface area contributed by atoms with Gasteiger partial charge in [-0.2, -0.15) is 4.98 Å². The minimum atomic E-state index is -0.227. The fraction of sp³-hybridized carbons (Fsp3) is 0.143. The highest BCUT2D eigenvalue weighted by Crippen LogP contribution is 2.14. The van der Waals surface area contributed by atoms with Crippen LogP contribution in [0.15, 0.2) is 6.33 Å². The van der Waals surface area contributed by atoms with Gasteiger partial charge in [-0.05, 0) is 0 Å². The third kappa shape index (κ3) is 1.77. The summed E-state index contributed by atoms with van der Waals surface area (Å²) >= 11 is 0. The summed E-state index contributed by atoms with van der Waals surface area (Å²) in [6.45, 7) is 1.38. The SMILES string of the molecule is CC(=O)NNc1nc2ncnc(N)c2[nH]1. The van der Waals surface area contributed by atoms with Gasteiger partial charge in [0.2, 0.25) is 11.9 Å². The molecule has 2 rings (SSSR count). The first kappa shape index (κ1) is 9.19. The Hall–Kier alpha value is -2.38. The monoisotopic (exact) mass is 207 g/mol. The number of amides is 1. The molecule has 8 nitrogen and oxygen atoms in total. The Morgan fingerprint density at radius 3 is 3.00 bits per heavy atom. The second-order valence-electron chi connectivity index (χ2n) is 2.85. The smallest absolute Gasteiger partial charge is 0.235 e. The van der Waals surface area contributed by atoms with Crippen molar-refractivity contribution in [3.8, 4) is 0 Å². The lowest BCUT2D eigenvalue weighted by Gasteiger charge is -2.00. The normalized spacial score (nSPS) is 10.2. The second kappa shape index (κ2) is 3.40. The molecular formula is C7H9N7O. The Morgan fingerprint density at radius 1 is 1.53 bits per heavy atom. The molecule has 0 saturated heterocycles. The van der Waals surface area contributed by atoms with Gasteiger partial charge >= 0.3 is 0 Å². The van der Waals surface area contributed by atoms with Gasteiger partial charge in [0.05, 0.1) is 0 Å². The molecule has 0 aromatic carbocycles. The molecule has 0 aliphatic heterocycles. The number of nitrogens with two attached hydrogens (primary N) is 1. The number of nitrogens with one attached hydrogen (secondary N) is 3. The number of H-pyrrole nitrogens is 1. The zero-order valence-electron chi connectivity index (χ0n) is 7.90. The summed E-state index contributed by atoms with van der Waals surface area (Å²) < 4.78 is 0. The first-order valence-electron chi connectivity index (χ1n) is 4.15. The van der Waals surface area contributed by atoms with Gasteiger partial charge in [-0.15, -0.1) is 0 Å². The van der Waals surface area contributed by atoms with Crippen LogP contribution in [0.1, 0.15) is 6.92 Å². The fourth-order valence-electron chi connectivity index (χ4n) is 1.05. The highest BCUT2D eigenvalue weighted by Gasteiger charge is 2.06. The maximum Gasteiger partial charge on any atom is 0.235 e. The van der Waals surface area contributed by atoms with Gasteiger partial charge in [0, 0.05) is 6.92 Å². The summed E-state index contributed by atoms with van der Waals surface area (Å²) in [5.41, 5.74) is 11.5. The molecule has 15 heavy (non-hydrogen) atoms. The van der Waals surface area contributed by atoms with Crippen molar-refractivity contribution in [1.82, 2.24) is 25.4 Å². The van der Waals surface area contributed by atoms with Crippen LogP contribution >= 0.6 is 0 Å². The molecular weight excluding hydrogens is 198 g/mol. The van der Waals surface area contributed by atoms with Gasteiger partial charge in [0.15, 0.2) is 11.5 Å². The van der Waals surface area contributed by atoms with Gasteiger partial charge in [-0.1, -0.05) is 0 Å². The van der Waals surface area contributed by atoms with E-state index in [1.807, 2.05) is 0 Å². The second-order valence-corrected chi connectivity index (χ2v) is 2.85. The van der Waals surface area contributed by atoms with Crippen molar-refractivity contribution in [2.75, 3.05) is 11.2 Å². The molecule has 78 valence electrons. The van der Waals surface area contributed by atoms with E-state index >= 15 is 0 Å². The van der Waals surface area contributed by atoms with E-state index < -0.39 is 0 Å². The lowest BCUT2D eigenvalue weighted by atomic mass is 10.5. The third-order valence-corrected chi connectivity index (χ3v) is 1.67. The lowest BCUT2D eigenvalue weighted by molar-refractivity contribution is -0.118. The molecule has 2 heterocycles. The number of hydrazine groups is 1. The number of hydrogen-bond donors (Lipinski definition) is 4. The van der Waals surface area contributed by atoms with Crippen LogP contribution in [0, 0.1) is 0 Å². The maximum absolute atomic E-state index is 10.6. The van der Waals surface area contributed by atoms with E-state index in [9.17, 15) is 4.79 Å². The first-order valence-corrected chi connectivity index (χ1v) is 4.15. The zero-order chi connectivity index (χ0) is 10.8. The molecule has 0 saturated carbocycles. The molecule has 8 heteroatoms. The summed E-state index contributed by atoms with van der Waals surface area (Å²) in [6, 6.07) is 0. The number of imidazole rings is 1. The van der Waals surface area contributed by atoms with Gasteiger partial charge in [0.25, 0.3) is 0 Å². The van der Waals surface area contributed by atoms with Gasteiger partial charge in [-0.25, -0.2) is 9.97 Å². The molecule has 0 unspecified atom stereocenters. The summed E-state index contributed by atoms with van der Waals surface area (Å²) in [5.74, 6) is 0.435. The minimum Gasteiger partial charge on any atom is -0.382 e. The fourth-order valence-corrected chi connectivity index (χ4v) is 1.05. The van der Waals surface area contributed by atoms with E-state index in [4.69, 9.17) is 5.73 Å². The largest absolute Gasteiger partial charge is 0.382 e. The molecule has 2 aromatic heterocycles. The van der Waals surface area contributed by atoms with E-state index in [0.717, 1.165) is 0 Å². The van der Waals surface area contributed by atoms with Crippen molar-refractivity contribution in [3.05, 3.63) is 6.33 Å². The van der Waals surface area contributed by atoms with Gasteiger partial charge < -0.3 is 10.7 Å². The zero-order valence-corrected chi connectivity index (χ0v) is 7.90. The number of nitrogen functional groups attached to an aromatic ring is 1. The molecule has 0 atom stereocenters. The molecule has 0 aliphatic rings. The van der Waals surface area contributed by atoms with Crippen LogP contribution in [0.25, 0.3) is 11.2 Å². The Kier molecular flexibility index (Phi) is 2.08. The number of carbonyl (C=O) groups excluding carboxylic acids is 1. The number of rotatable bonds is 2. The average Bonchev–Trinajstić information content (AvgIpc) is 2.59. The number of carbonyl (C=O) groups is 1. The highest BCUT2D eigenvalue weighted by molar-refractivity contribution is 5.83. The molecule has 1 amide bonds. The highest BCUT2D eigenvalue weighted by atomic mass is 16.2. The number of anilines is 2. The molecule has 2 aromatic rings. The van der Waals surface area contributed by atoms with Crippen molar-refractivity contribution < 1.29 is 4.79 Å².